The molecule has 7 heteroatoms. The Morgan fingerprint density at radius 2 is 2.11 bits per heavy atom. The third-order valence-corrected chi connectivity index (χ3v) is 5.22. The number of rotatable bonds is 5. The van der Waals surface area contributed by atoms with Crippen molar-refractivity contribution in [3.63, 3.8) is 0 Å². The van der Waals surface area contributed by atoms with Gasteiger partial charge in [0.2, 0.25) is 0 Å². The van der Waals surface area contributed by atoms with Crippen molar-refractivity contribution in [2.24, 2.45) is 5.92 Å². The van der Waals surface area contributed by atoms with Gasteiger partial charge in [-0.05, 0) is 61.8 Å². The molecule has 1 unspecified atom stereocenters. The van der Waals surface area contributed by atoms with E-state index in [1.807, 2.05) is 18.2 Å². The molecule has 28 heavy (non-hydrogen) atoms. The first-order valence-electron chi connectivity index (χ1n) is 9.13. The topological polar surface area (TPSA) is 72.8 Å². The van der Waals surface area contributed by atoms with E-state index in [0.29, 0.717) is 22.9 Å². The molecule has 4 rings (SSSR count). The Bertz CT molecular complexity index is 1060. The molecular formula is C21H19ClFN5. The van der Waals surface area contributed by atoms with Crippen LogP contribution in [0.2, 0.25) is 5.02 Å². The summed E-state index contributed by atoms with van der Waals surface area (Å²) < 4.78 is 13.5. The molecule has 3 N–H and O–H groups in total. The minimum absolute atomic E-state index is 0.0226. The van der Waals surface area contributed by atoms with Crippen LogP contribution in [-0.2, 0) is 0 Å². The zero-order chi connectivity index (χ0) is 19.5. The van der Waals surface area contributed by atoms with E-state index in [1.165, 1.54) is 24.8 Å². The first-order chi connectivity index (χ1) is 13.6. The number of aromatic nitrogens is 1. The van der Waals surface area contributed by atoms with Crippen LogP contribution in [-0.4, -0.2) is 24.6 Å². The van der Waals surface area contributed by atoms with Crippen molar-refractivity contribution in [2.75, 3.05) is 30.3 Å². The van der Waals surface area contributed by atoms with E-state index in [0.717, 1.165) is 36.2 Å². The highest BCUT2D eigenvalue weighted by molar-refractivity contribution is 6.31. The van der Waals surface area contributed by atoms with E-state index in [-0.39, 0.29) is 5.02 Å². The lowest BCUT2D eigenvalue weighted by atomic mass is 10.1. The van der Waals surface area contributed by atoms with Gasteiger partial charge in [-0.1, -0.05) is 11.6 Å². The highest BCUT2D eigenvalue weighted by Crippen LogP contribution is 2.32. The van der Waals surface area contributed by atoms with E-state index in [9.17, 15) is 9.65 Å². The van der Waals surface area contributed by atoms with Crippen molar-refractivity contribution < 1.29 is 4.39 Å². The molecule has 1 aliphatic heterocycles. The summed E-state index contributed by atoms with van der Waals surface area (Å²) in [6.45, 7) is 2.98. The molecule has 5 nitrogen and oxygen atoms in total. The number of benzene rings is 2. The number of pyridine rings is 1. The van der Waals surface area contributed by atoms with E-state index < -0.39 is 5.82 Å². The highest BCUT2D eigenvalue weighted by Gasteiger charge is 2.15. The summed E-state index contributed by atoms with van der Waals surface area (Å²) in [5, 5.41) is 20.4. The molecule has 1 aliphatic rings. The van der Waals surface area contributed by atoms with Crippen molar-refractivity contribution in [1.29, 1.82) is 5.26 Å². The molecule has 1 saturated heterocycles. The van der Waals surface area contributed by atoms with Crippen molar-refractivity contribution in [1.82, 2.24) is 10.3 Å². The highest BCUT2D eigenvalue weighted by atomic mass is 35.5. The number of nitriles is 1. The van der Waals surface area contributed by atoms with Crippen LogP contribution in [0.5, 0.6) is 0 Å². The Kier molecular flexibility index (Phi) is 5.29. The molecule has 3 aromatic rings. The molecule has 0 aliphatic carbocycles. The lowest BCUT2D eigenvalue weighted by Gasteiger charge is -2.15. The molecule has 142 valence electrons. The maximum atomic E-state index is 13.5. The average Bonchev–Trinajstić information content (AvgIpc) is 3.23. The van der Waals surface area contributed by atoms with Crippen molar-refractivity contribution in [3.8, 4) is 6.07 Å². The minimum atomic E-state index is -0.486. The third-order valence-electron chi connectivity index (χ3n) is 4.93. The predicted molar refractivity (Wildman–Crippen MR) is 111 cm³/mol. The van der Waals surface area contributed by atoms with Gasteiger partial charge >= 0.3 is 0 Å². The quantitative estimate of drug-likeness (QED) is 0.585. The fourth-order valence-corrected chi connectivity index (χ4v) is 3.57. The summed E-state index contributed by atoms with van der Waals surface area (Å²) in [6.07, 6.45) is 2.70. The number of anilines is 3. The van der Waals surface area contributed by atoms with E-state index >= 15 is 0 Å². The summed E-state index contributed by atoms with van der Waals surface area (Å²) >= 11 is 5.89. The second-order valence-corrected chi connectivity index (χ2v) is 7.29. The lowest BCUT2D eigenvalue weighted by molar-refractivity contribution is 0.615. The first-order valence-corrected chi connectivity index (χ1v) is 9.51. The lowest BCUT2D eigenvalue weighted by Crippen LogP contribution is -2.17. The van der Waals surface area contributed by atoms with Crippen molar-refractivity contribution >= 4 is 39.6 Å². The van der Waals surface area contributed by atoms with E-state index in [2.05, 4.69) is 27.0 Å². The standard InChI is InChI=1S/C21H19ClFN5/c22-18-8-16(1-3-19(18)23)28-21-14(9-24)12-27-20-4-2-15(7-17(20)21)26-11-13-5-6-25-10-13/h1-4,7-8,12-13,25-26H,5-6,10-11H2,(H,27,28). The Morgan fingerprint density at radius 3 is 2.86 bits per heavy atom. The second-order valence-electron chi connectivity index (χ2n) is 6.88. The first kappa shape index (κ1) is 18.5. The van der Waals surface area contributed by atoms with Crippen molar-refractivity contribution in [3.05, 3.63) is 59.0 Å². The maximum Gasteiger partial charge on any atom is 0.141 e. The largest absolute Gasteiger partial charge is 0.385 e. The van der Waals surface area contributed by atoms with Crippen LogP contribution in [0.15, 0.2) is 42.6 Å². The van der Waals surface area contributed by atoms with Gasteiger partial charge in [0.05, 0.1) is 21.8 Å². The van der Waals surface area contributed by atoms with Crippen LogP contribution >= 0.6 is 11.6 Å². The monoisotopic (exact) mass is 395 g/mol. The Balaban J connectivity index is 1.68. The van der Waals surface area contributed by atoms with Gasteiger partial charge in [0.15, 0.2) is 0 Å². The van der Waals surface area contributed by atoms with Gasteiger partial charge < -0.3 is 16.0 Å². The van der Waals surface area contributed by atoms with Crippen LogP contribution in [0.3, 0.4) is 0 Å². The molecule has 1 aromatic heterocycles. The van der Waals surface area contributed by atoms with E-state index in [1.54, 1.807) is 6.07 Å². The van der Waals surface area contributed by atoms with Gasteiger partial charge in [-0.25, -0.2) is 4.39 Å². The number of nitrogens with one attached hydrogen (secondary N) is 3. The van der Waals surface area contributed by atoms with Crippen LogP contribution in [0.1, 0.15) is 12.0 Å². The zero-order valence-corrected chi connectivity index (χ0v) is 15.9. The second kappa shape index (κ2) is 8.01. The van der Waals surface area contributed by atoms with Crippen LogP contribution in [0.4, 0.5) is 21.5 Å². The minimum Gasteiger partial charge on any atom is -0.385 e. The molecule has 0 spiro atoms. The number of fused-ring (bicyclic) bond motifs is 1. The number of hydrogen-bond donors (Lipinski definition) is 3. The zero-order valence-electron chi connectivity index (χ0n) is 15.1. The average molecular weight is 396 g/mol. The van der Waals surface area contributed by atoms with Gasteiger partial charge in [-0.2, -0.15) is 5.26 Å². The maximum absolute atomic E-state index is 13.5. The Morgan fingerprint density at radius 1 is 1.25 bits per heavy atom. The van der Waals surface area contributed by atoms with Crippen LogP contribution in [0, 0.1) is 23.1 Å². The number of hydrogen-bond acceptors (Lipinski definition) is 5. The summed E-state index contributed by atoms with van der Waals surface area (Å²) in [5.41, 5.74) is 3.37. The van der Waals surface area contributed by atoms with Gasteiger partial charge in [0, 0.05) is 29.5 Å². The molecule has 0 saturated carbocycles. The molecule has 2 aromatic carbocycles. The smallest absolute Gasteiger partial charge is 0.141 e. The van der Waals surface area contributed by atoms with Gasteiger partial charge in [-0.3, -0.25) is 4.98 Å². The molecule has 1 fully saturated rings. The Labute approximate surface area is 167 Å². The normalized spacial score (nSPS) is 16.1. The molecule has 0 amide bonds. The summed E-state index contributed by atoms with van der Waals surface area (Å²) in [5.74, 6) is 0.124. The summed E-state index contributed by atoms with van der Waals surface area (Å²) in [7, 11) is 0. The predicted octanol–water partition coefficient (Wildman–Crippen LogP) is 4.66. The number of nitrogens with zero attached hydrogens (tertiary/aromatic N) is 2. The van der Waals surface area contributed by atoms with Crippen LogP contribution in [0.25, 0.3) is 10.9 Å². The summed E-state index contributed by atoms with van der Waals surface area (Å²) in [6, 6.07) is 12.4. The number of halogens is 2. The fourth-order valence-electron chi connectivity index (χ4n) is 3.39. The summed E-state index contributed by atoms with van der Waals surface area (Å²) in [4.78, 5) is 4.38. The third kappa shape index (κ3) is 3.86. The van der Waals surface area contributed by atoms with Gasteiger partial charge in [0.1, 0.15) is 11.9 Å². The molecule has 0 bridgehead atoms. The molecule has 1 atom stereocenters. The van der Waals surface area contributed by atoms with E-state index in [4.69, 9.17) is 11.6 Å². The van der Waals surface area contributed by atoms with Crippen molar-refractivity contribution in [2.45, 2.75) is 6.42 Å². The molecule has 0 radical (unpaired) electrons. The van der Waals surface area contributed by atoms with Crippen LogP contribution < -0.4 is 16.0 Å². The Hall–Kier alpha value is -2.88. The fraction of sp³-hybridized carbons (Fsp3) is 0.238. The SMILES string of the molecule is N#Cc1cnc2ccc(NCC3CCNC3)cc2c1Nc1ccc(F)c(Cl)c1. The van der Waals surface area contributed by atoms with Gasteiger partial charge in [0.25, 0.3) is 0 Å². The molecular weight excluding hydrogens is 377 g/mol. The molecule has 2 heterocycles. The van der Waals surface area contributed by atoms with Gasteiger partial charge in [-0.15, -0.1) is 0 Å².